The molecule has 1 aliphatic carbocycles. The van der Waals surface area contributed by atoms with E-state index in [9.17, 15) is 4.39 Å². The molecule has 0 amide bonds. The zero-order chi connectivity index (χ0) is 13.1. The van der Waals surface area contributed by atoms with Gasteiger partial charge in [-0.15, -0.1) is 0 Å². The number of amidine groups is 1. The van der Waals surface area contributed by atoms with E-state index < -0.39 is 0 Å². The molecule has 0 aromatic heterocycles. The summed E-state index contributed by atoms with van der Waals surface area (Å²) in [6.07, 6.45) is 3.68. The van der Waals surface area contributed by atoms with Crippen molar-refractivity contribution in [3.63, 3.8) is 0 Å². The van der Waals surface area contributed by atoms with Crippen LogP contribution in [-0.2, 0) is 6.54 Å². The molecule has 3 N–H and O–H groups in total. The van der Waals surface area contributed by atoms with Gasteiger partial charge in [0.2, 0.25) is 0 Å². The predicted molar refractivity (Wildman–Crippen MR) is 68.0 cm³/mol. The Bertz CT molecular complexity index is 458. The fourth-order valence-electron chi connectivity index (χ4n) is 2.20. The van der Waals surface area contributed by atoms with Gasteiger partial charge in [-0.1, -0.05) is 17.6 Å². The molecule has 2 rings (SSSR count). The van der Waals surface area contributed by atoms with E-state index in [0.29, 0.717) is 18.2 Å². The van der Waals surface area contributed by atoms with Crippen LogP contribution in [0.2, 0.25) is 0 Å². The van der Waals surface area contributed by atoms with Crippen LogP contribution in [0.25, 0.3) is 0 Å². The van der Waals surface area contributed by atoms with E-state index in [-0.39, 0.29) is 11.7 Å². The Kier molecular flexibility index (Phi) is 3.81. The molecule has 1 fully saturated rings. The number of hydrogen-bond acceptors (Lipinski definition) is 3. The largest absolute Gasteiger partial charge is 0.409 e. The van der Waals surface area contributed by atoms with Gasteiger partial charge in [-0.3, -0.25) is 4.90 Å². The molecule has 98 valence electrons. The van der Waals surface area contributed by atoms with Crippen LogP contribution in [0, 0.1) is 5.82 Å². The maximum Gasteiger partial charge on any atom is 0.170 e. The van der Waals surface area contributed by atoms with Crippen LogP contribution in [0.4, 0.5) is 4.39 Å². The van der Waals surface area contributed by atoms with E-state index in [2.05, 4.69) is 10.1 Å². The van der Waals surface area contributed by atoms with Crippen molar-refractivity contribution in [3.8, 4) is 0 Å². The Morgan fingerprint density at radius 1 is 1.56 bits per heavy atom. The van der Waals surface area contributed by atoms with Crippen LogP contribution in [0.1, 0.15) is 30.4 Å². The molecule has 1 saturated carbocycles. The van der Waals surface area contributed by atoms with E-state index in [1.54, 1.807) is 6.07 Å². The Morgan fingerprint density at radius 3 is 2.83 bits per heavy atom. The normalized spacial score (nSPS) is 16.9. The van der Waals surface area contributed by atoms with Crippen LogP contribution in [0.5, 0.6) is 0 Å². The molecule has 0 bridgehead atoms. The van der Waals surface area contributed by atoms with Crippen LogP contribution < -0.4 is 5.73 Å². The molecule has 0 heterocycles. The minimum Gasteiger partial charge on any atom is -0.409 e. The average Bonchev–Trinajstić information content (AvgIpc) is 2.28. The molecule has 1 aliphatic rings. The third kappa shape index (κ3) is 2.61. The van der Waals surface area contributed by atoms with Crippen molar-refractivity contribution in [1.29, 1.82) is 0 Å². The number of benzene rings is 1. The third-order valence-electron chi connectivity index (χ3n) is 3.57. The highest BCUT2D eigenvalue weighted by atomic mass is 19.1. The summed E-state index contributed by atoms with van der Waals surface area (Å²) in [4.78, 5) is 2.23. The summed E-state index contributed by atoms with van der Waals surface area (Å²) in [5.74, 6) is -0.432. The predicted octanol–water partition coefficient (Wildman–Crippen LogP) is 1.90. The molecule has 0 atom stereocenters. The van der Waals surface area contributed by atoms with Crippen molar-refractivity contribution < 1.29 is 9.60 Å². The van der Waals surface area contributed by atoms with Crippen molar-refractivity contribution in [3.05, 3.63) is 35.1 Å². The summed E-state index contributed by atoms with van der Waals surface area (Å²) in [5.41, 5.74) is 6.91. The molecule has 18 heavy (non-hydrogen) atoms. The summed E-state index contributed by atoms with van der Waals surface area (Å²) < 4.78 is 13.2. The second kappa shape index (κ2) is 5.35. The van der Waals surface area contributed by atoms with Crippen molar-refractivity contribution in [2.45, 2.75) is 31.8 Å². The maximum absolute atomic E-state index is 13.2. The molecule has 4 nitrogen and oxygen atoms in total. The molecular formula is C13H18FN3O. The first-order valence-corrected chi connectivity index (χ1v) is 6.08. The van der Waals surface area contributed by atoms with Crippen molar-refractivity contribution in [2.24, 2.45) is 10.9 Å². The average molecular weight is 251 g/mol. The van der Waals surface area contributed by atoms with Gasteiger partial charge in [-0.05, 0) is 37.6 Å². The lowest BCUT2D eigenvalue weighted by molar-refractivity contribution is 0.152. The molecule has 5 heteroatoms. The number of nitrogens with two attached hydrogens (primary N) is 1. The Hall–Kier alpha value is -1.62. The highest BCUT2D eigenvalue weighted by Crippen LogP contribution is 2.25. The number of rotatable bonds is 4. The molecule has 0 saturated heterocycles. The van der Waals surface area contributed by atoms with E-state index >= 15 is 0 Å². The van der Waals surface area contributed by atoms with Crippen LogP contribution in [0.3, 0.4) is 0 Å². The second-order valence-corrected chi connectivity index (χ2v) is 4.79. The molecule has 0 aliphatic heterocycles. The first-order chi connectivity index (χ1) is 8.61. The van der Waals surface area contributed by atoms with Gasteiger partial charge < -0.3 is 10.9 Å². The van der Waals surface area contributed by atoms with Crippen molar-refractivity contribution in [2.75, 3.05) is 7.05 Å². The fourth-order valence-corrected chi connectivity index (χ4v) is 2.20. The first kappa shape index (κ1) is 12.8. The lowest BCUT2D eigenvalue weighted by atomic mass is 9.91. The lowest BCUT2D eigenvalue weighted by Gasteiger charge is -2.35. The maximum atomic E-state index is 13.2. The highest BCUT2D eigenvalue weighted by molar-refractivity contribution is 5.98. The van der Waals surface area contributed by atoms with Crippen molar-refractivity contribution >= 4 is 5.84 Å². The third-order valence-corrected chi connectivity index (χ3v) is 3.57. The summed E-state index contributed by atoms with van der Waals surface area (Å²) in [7, 11) is 2.04. The van der Waals surface area contributed by atoms with Gasteiger partial charge in [-0.2, -0.15) is 0 Å². The van der Waals surface area contributed by atoms with Gasteiger partial charge in [0.1, 0.15) is 5.82 Å². The SMILES string of the molecule is CN(Cc1ccc(F)cc1/C(N)=N/O)C1CCC1. The fraction of sp³-hybridized carbons (Fsp3) is 0.462. The summed E-state index contributed by atoms with van der Waals surface area (Å²) in [6.45, 7) is 0.677. The topological polar surface area (TPSA) is 61.8 Å². The molecule has 1 aromatic carbocycles. The first-order valence-electron chi connectivity index (χ1n) is 6.08. The zero-order valence-corrected chi connectivity index (χ0v) is 10.4. The minimum atomic E-state index is -0.383. The number of hydrogen-bond donors (Lipinski definition) is 2. The van der Waals surface area contributed by atoms with E-state index in [1.807, 2.05) is 7.05 Å². The summed E-state index contributed by atoms with van der Waals surface area (Å²) >= 11 is 0. The molecule has 0 unspecified atom stereocenters. The summed E-state index contributed by atoms with van der Waals surface area (Å²) in [6, 6.07) is 4.99. The Labute approximate surface area is 106 Å². The monoisotopic (exact) mass is 251 g/mol. The molecule has 0 radical (unpaired) electrons. The standard InChI is InChI=1S/C13H18FN3O/c1-17(11-3-2-4-11)8-9-5-6-10(14)7-12(9)13(15)16-18/h5-7,11,18H,2-4,8H2,1H3,(H2,15,16). The lowest BCUT2D eigenvalue weighted by Crippen LogP contribution is -2.37. The van der Waals surface area contributed by atoms with Crippen LogP contribution in [-0.4, -0.2) is 29.0 Å². The number of oxime groups is 1. The van der Waals surface area contributed by atoms with Gasteiger partial charge >= 0.3 is 0 Å². The quantitative estimate of drug-likeness (QED) is 0.372. The zero-order valence-electron chi connectivity index (χ0n) is 10.4. The molecule has 1 aromatic rings. The second-order valence-electron chi connectivity index (χ2n) is 4.79. The highest BCUT2D eigenvalue weighted by Gasteiger charge is 2.22. The van der Waals surface area contributed by atoms with Gasteiger partial charge in [0, 0.05) is 18.2 Å². The number of nitrogens with zero attached hydrogens (tertiary/aromatic N) is 2. The van der Waals surface area contributed by atoms with Crippen LogP contribution in [0.15, 0.2) is 23.4 Å². The van der Waals surface area contributed by atoms with Gasteiger partial charge in [0.25, 0.3) is 0 Å². The van der Waals surface area contributed by atoms with E-state index in [4.69, 9.17) is 10.9 Å². The molecular weight excluding hydrogens is 233 g/mol. The van der Waals surface area contributed by atoms with E-state index in [0.717, 1.165) is 5.56 Å². The van der Waals surface area contributed by atoms with Gasteiger partial charge in [0.05, 0.1) is 0 Å². The summed E-state index contributed by atoms with van der Waals surface area (Å²) in [5, 5.41) is 11.7. The number of halogens is 1. The Morgan fingerprint density at radius 2 is 2.28 bits per heavy atom. The Balaban J connectivity index is 2.20. The van der Waals surface area contributed by atoms with E-state index in [1.165, 1.54) is 31.4 Å². The van der Waals surface area contributed by atoms with Gasteiger partial charge in [0.15, 0.2) is 5.84 Å². The molecule has 0 spiro atoms. The van der Waals surface area contributed by atoms with Crippen LogP contribution >= 0.6 is 0 Å². The minimum absolute atomic E-state index is 0.0495. The van der Waals surface area contributed by atoms with Gasteiger partial charge in [-0.25, -0.2) is 4.39 Å². The smallest absolute Gasteiger partial charge is 0.170 e. The van der Waals surface area contributed by atoms with Crippen molar-refractivity contribution in [1.82, 2.24) is 4.90 Å².